The first-order valence-electron chi connectivity index (χ1n) is 6.13. The Hall–Kier alpha value is -3.01. The fraction of sp³-hybridized carbons (Fsp3) is 0.0769. The number of nitro groups is 1. The molecular weight excluding hydrogens is 326 g/mol. The number of rotatable bonds is 4. The summed E-state index contributed by atoms with van der Waals surface area (Å²) in [4.78, 5) is 24.6. The first-order valence-corrected chi connectivity index (χ1v) is 8.02. The lowest BCUT2D eigenvalue weighted by Crippen LogP contribution is -2.06. The van der Waals surface area contributed by atoms with Crippen molar-refractivity contribution in [1.29, 1.82) is 0 Å². The molecule has 0 saturated heterocycles. The zero-order chi connectivity index (χ0) is 17.2. The molecule has 2 N–H and O–H groups in total. The standard InChI is InChI=1S/C13H11N3O6S/c1-23(21,22)10-6-11(16(19)20)12(14-7-10)8-2-4-9(5-3-8)15-13(17)18/h2-7,15H,1H3,(H,17,18). The van der Waals surface area contributed by atoms with Crippen LogP contribution in [-0.2, 0) is 9.84 Å². The van der Waals surface area contributed by atoms with Crippen molar-refractivity contribution in [3.63, 3.8) is 0 Å². The van der Waals surface area contributed by atoms with Crippen LogP contribution in [0.3, 0.4) is 0 Å². The molecule has 0 atom stereocenters. The topological polar surface area (TPSA) is 140 Å². The first-order chi connectivity index (χ1) is 10.7. The Balaban J connectivity index is 2.50. The van der Waals surface area contributed by atoms with E-state index < -0.39 is 26.5 Å². The van der Waals surface area contributed by atoms with E-state index in [1.54, 1.807) is 0 Å². The van der Waals surface area contributed by atoms with E-state index in [0.717, 1.165) is 18.5 Å². The number of nitrogens with zero attached hydrogens (tertiary/aromatic N) is 2. The molecule has 0 spiro atoms. The summed E-state index contributed by atoms with van der Waals surface area (Å²) in [5, 5.41) is 21.9. The predicted molar refractivity (Wildman–Crippen MR) is 81.1 cm³/mol. The van der Waals surface area contributed by atoms with E-state index in [1.165, 1.54) is 24.3 Å². The molecule has 0 unspecified atom stereocenters. The summed E-state index contributed by atoms with van der Waals surface area (Å²) in [6.07, 6.45) is 0.736. The maximum atomic E-state index is 11.5. The van der Waals surface area contributed by atoms with E-state index >= 15 is 0 Å². The minimum Gasteiger partial charge on any atom is -0.465 e. The second-order valence-electron chi connectivity index (χ2n) is 4.58. The summed E-state index contributed by atoms with van der Waals surface area (Å²) in [6, 6.07) is 6.67. The summed E-state index contributed by atoms with van der Waals surface area (Å²) >= 11 is 0. The van der Waals surface area contributed by atoms with E-state index in [2.05, 4.69) is 10.3 Å². The molecule has 9 nitrogen and oxygen atoms in total. The van der Waals surface area contributed by atoms with Gasteiger partial charge >= 0.3 is 6.09 Å². The molecule has 1 amide bonds. The third kappa shape index (κ3) is 3.80. The minimum atomic E-state index is -3.62. The predicted octanol–water partition coefficient (Wildman–Crippen LogP) is 2.15. The quantitative estimate of drug-likeness (QED) is 0.643. The van der Waals surface area contributed by atoms with E-state index in [9.17, 15) is 23.3 Å². The number of carboxylic acid groups (broad SMARTS) is 1. The smallest absolute Gasteiger partial charge is 0.409 e. The summed E-state index contributed by atoms with van der Waals surface area (Å²) in [6.45, 7) is 0. The number of benzene rings is 1. The second kappa shape index (κ2) is 6.01. The number of sulfone groups is 1. The van der Waals surface area contributed by atoms with Gasteiger partial charge in [0.05, 0.1) is 9.82 Å². The van der Waals surface area contributed by atoms with Crippen molar-refractivity contribution in [1.82, 2.24) is 4.98 Å². The lowest BCUT2D eigenvalue weighted by molar-refractivity contribution is -0.384. The molecular formula is C13H11N3O6S. The number of hydrogen-bond donors (Lipinski definition) is 2. The van der Waals surface area contributed by atoms with Crippen LogP contribution in [0.1, 0.15) is 0 Å². The molecule has 1 aromatic carbocycles. The lowest BCUT2D eigenvalue weighted by atomic mass is 10.1. The van der Waals surface area contributed by atoms with E-state index in [-0.39, 0.29) is 16.3 Å². The van der Waals surface area contributed by atoms with Gasteiger partial charge in [0.15, 0.2) is 9.84 Å². The Morgan fingerprint density at radius 3 is 2.39 bits per heavy atom. The van der Waals surface area contributed by atoms with Crippen LogP contribution in [-0.4, -0.2) is 35.8 Å². The fourth-order valence-corrected chi connectivity index (χ4v) is 2.40. The van der Waals surface area contributed by atoms with Crippen molar-refractivity contribution < 1.29 is 23.2 Å². The monoisotopic (exact) mass is 337 g/mol. The van der Waals surface area contributed by atoms with Gasteiger partial charge in [-0.15, -0.1) is 0 Å². The van der Waals surface area contributed by atoms with Crippen molar-refractivity contribution in [2.24, 2.45) is 0 Å². The van der Waals surface area contributed by atoms with Crippen LogP contribution in [0.25, 0.3) is 11.3 Å². The molecule has 0 fully saturated rings. The number of carbonyl (C=O) groups is 1. The van der Waals surface area contributed by atoms with Gasteiger partial charge in [0, 0.05) is 29.8 Å². The Labute approximate surface area is 130 Å². The molecule has 0 radical (unpaired) electrons. The van der Waals surface area contributed by atoms with Crippen molar-refractivity contribution in [2.45, 2.75) is 4.90 Å². The van der Waals surface area contributed by atoms with Gasteiger partial charge in [-0.25, -0.2) is 18.2 Å². The molecule has 120 valence electrons. The molecule has 0 aliphatic rings. The molecule has 0 saturated carbocycles. The molecule has 23 heavy (non-hydrogen) atoms. The molecule has 10 heteroatoms. The normalized spacial score (nSPS) is 11.0. The number of nitrogens with one attached hydrogen (secondary N) is 1. The largest absolute Gasteiger partial charge is 0.465 e. The zero-order valence-electron chi connectivity index (χ0n) is 11.8. The SMILES string of the molecule is CS(=O)(=O)c1cnc(-c2ccc(NC(=O)O)cc2)c([N+](=O)[O-])c1. The summed E-state index contributed by atoms with van der Waals surface area (Å²) in [5.74, 6) is 0. The Kier molecular flexibility index (Phi) is 4.27. The van der Waals surface area contributed by atoms with E-state index in [4.69, 9.17) is 5.11 Å². The fourth-order valence-electron chi connectivity index (χ4n) is 1.83. The average Bonchev–Trinajstić information content (AvgIpc) is 2.46. The number of aromatic nitrogens is 1. The molecule has 0 aliphatic carbocycles. The molecule has 0 aliphatic heterocycles. The molecule has 1 heterocycles. The van der Waals surface area contributed by atoms with Crippen LogP contribution >= 0.6 is 0 Å². The van der Waals surface area contributed by atoms with Gasteiger partial charge in [-0.3, -0.25) is 15.4 Å². The van der Waals surface area contributed by atoms with E-state index in [0.29, 0.717) is 5.56 Å². The highest BCUT2D eigenvalue weighted by atomic mass is 32.2. The molecule has 1 aromatic heterocycles. The van der Waals surface area contributed by atoms with Crippen molar-refractivity contribution in [2.75, 3.05) is 11.6 Å². The van der Waals surface area contributed by atoms with E-state index in [1.807, 2.05) is 0 Å². The zero-order valence-corrected chi connectivity index (χ0v) is 12.6. The highest BCUT2D eigenvalue weighted by Gasteiger charge is 2.21. The van der Waals surface area contributed by atoms with Crippen LogP contribution < -0.4 is 5.32 Å². The highest BCUT2D eigenvalue weighted by Crippen LogP contribution is 2.30. The molecule has 0 bridgehead atoms. The van der Waals surface area contributed by atoms with Gasteiger partial charge in [0.1, 0.15) is 5.69 Å². The number of amides is 1. The third-order valence-corrected chi connectivity index (χ3v) is 3.96. The summed E-state index contributed by atoms with van der Waals surface area (Å²) in [7, 11) is -3.62. The third-order valence-electron chi connectivity index (χ3n) is 2.88. The maximum Gasteiger partial charge on any atom is 0.409 e. The number of pyridine rings is 1. The Morgan fingerprint density at radius 1 is 1.30 bits per heavy atom. The van der Waals surface area contributed by atoms with Gasteiger partial charge < -0.3 is 5.11 Å². The van der Waals surface area contributed by atoms with Crippen molar-refractivity contribution in [3.8, 4) is 11.3 Å². The van der Waals surface area contributed by atoms with Crippen LogP contribution in [0, 0.1) is 10.1 Å². The average molecular weight is 337 g/mol. The molecule has 2 aromatic rings. The second-order valence-corrected chi connectivity index (χ2v) is 6.59. The Morgan fingerprint density at radius 2 is 1.91 bits per heavy atom. The molecule has 2 rings (SSSR count). The lowest BCUT2D eigenvalue weighted by Gasteiger charge is -2.06. The van der Waals surface area contributed by atoms with Crippen LogP contribution in [0.5, 0.6) is 0 Å². The van der Waals surface area contributed by atoms with Crippen molar-refractivity contribution >= 4 is 27.3 Å². The van der Waals surface area contributed by atoms with Crippen LogP contribution in [0.15, 0.2) is 41.4 Å². The van der Waals surface area contributed by atoms with Crippen LogP contribution in [0.2, 0.25) is 0 Å². The first kappa shape index (κ1) is 16.4. The van der Waals surface area contributed by atoms with Crippen molar-refractivity contribution in [3.05, 3.63) is 46.6 Å². The van der Waals surface area contributed by atoms with Gasteiger partial charge in [-0.1, -0.05) is 12.1 Å². The maximum absolute atomic E-state index is 11.5. The Bertz CT molecular complexity index is 877. The van der Waals surface area contributed by atoms with Crippen LogP contribution in [0.4, 0.5) is 16.2 Å². The number of anilines is 1. The van der Waals surface area contributed by atoms with Gasteiger partial charge in [-0.2, -0.15) is 0 Å². The minimum absolute atomic E-state index is 0.00993. The van der Waals surface area contributed by atoms with Gasteiger partial charge in [0.2, 0.25) is 0 Å². The number of hydrogen-bond acceptors (Lipinski definition) is 6. The summed E-state index contributed by atoms with van der Waals surface area (Å²) in [5.41, 5.74) is 0.181. The van der Waals surface area contributed by atoms with Gasteiger partial charge in [0.25, 0.3) is 5.69 Å². The summed E-state index contributed by atoms with van der Waals surface area (Å²) < 4.78 is 23.0. The highest BCUT2D eigenvalue weighted by molar-refractivity contribution is 7.90. The van der Waals surface area contributed by atoms with Gasteiger partial charge in [-0.05, 0) is 12.1 Å².